The third kappa shape index (κ3) is 4.89. The number of hydrogen-bond donors (Lipinski definition) is 2. The Bertz CT molecular complexity index is 1670. The van der Waals surface area contributed by atoms with Crippen LogP contribution in [-0.2, 0) is 4.74 Å². The van der Waals surface area contributed by atoms with E-state index < -0.39 is 0 Å². The molecule has 1 saturated heterocycles. The molecule has 2 N–H and O–H groups in total. The van der Waals surface area contributed by atoms with Crippen LogP contribution in [0.25, 0.3) is 11.1 Å². The van der Waals surface area contributed by atoms with E-state index in [0.717, 1.165) is 34.5 Å². The summed E-state index contributed by atoms with van der Waals surface area (Å²) in [6.07, 6.45) is 10.6. The van der Waals surface area contributed by atoms with Crippen LogP contribution in [0, 0.1) is 0 Å². The van der Waals surface area contributed by atoms with E-state index in [1.807, 2.05) is 67.0 Å². The molecule has 6 rings (SSSR count). The number of anilines is 1. The van der Waals surface area contributed by atoms with Gasteiger partial charge in [-0.25, -0.2) is 4.79 Å². The molecule has 0 bridgehead atoms. The molecule has 3 aromatic rings. The fourth-order valence-corrected chi connectivity index (χ4v) is 5.87. The molecule has 1 unspecified atom stereocenters. The lowest BCUT2D eigenvalue weighted by Gasteiger charge is -2.41. The summed E-state index contributed by atoms with van der Waals surface area (Å²) in [7, 11) is 1.61. The van der Waals surface area contributed by atoms with E-state index in [4.69, 9.17) is 21.1 Å². The number of quaternary nitrogens is 1. The molecule has 7 nitrogen and oxygen atoms in total. The smallest absolute Gasteiger partial charge is 0.357 e. The predicted molar refractivity (Wildman–Crippen MR) is 159 cm³/mol. The van der Waals surface area contributed by atoms with Gasteiger partial charge >= 0.3 is 5.91 Å². The maximum absolute atomic E-state index is 14.4. The SMILES string of the molecule is COc1cccc(-c2ccccc2C(=O)Nc2ccc(C(=O)[N+]34CCOCC3=CNC=C3CC=CC=C34)c(Cl)c2)c1. The number of morpholine rings is 1. The molecule has 1 aliphatic carbocycles. The van der Waals surface area contributed by atoms with Gasteiger partial charge in [0.25, 0.3) is 5.91 Å². The molecule has 206 valence electrons. The van der Waals surface area contributed by atoms with Gasteiger partial charge in [-0.2, -0.15) is 4.48 Å². The Morgan fingerprint density at radius 2 is 1.90 bits per heavy atom. The maximum Gasteiger partial charge on any atom is 0.357 e. The zero-order chi connectivity index (χ0) is 28.4. The van der Waals surface area contributed by atoms with E-state index in [-0.39, 0.29) is 21.3 Å². The predicted octanol–water partition coefficient (Wildman–Crippen LogP) is 6.43. The molecule has 3 aromatic carbocycles. The molecular formula is C33H29ClN3O4+. The zero-order valence-electron chi connectivity index (χ0n) is 22.5. The van der Waals surface area contributed by atoms with Crippen molar-refractivity contribution in [3.05, 3.63) is 130 Å². The number of benzene rings is 3. The van der Waals surface area contributed by atoms with Gasteiger partial charge in [0, 0.05) is 29.1 Å². The van der Waals surface area contributed by atoms with Crippen LogP contribution in [-0.4, -0.2) is 43.2 Å². The normalized spacial score (nSPS) is 19.3. The highest BCUT2D eigenvalue weighted by atomic mass is 35.5. The topological polar surface area (TPSA) is 76.7 Å². The van der Waals surface area contributed by atoms with Gasteiger partial charge in [0.2, 0.25) is 0 Å². The van der Waals surface area contributed by atoms with Crippen molar-refractivity contribution in [1.29, 1.82) is 0 Å². The third-order valence-corrected chi connectivity index (χ3v) is 7.96. The first-order valence-corrected chi connectivity index (χ1v) is 13.8. The van der Waals surface area contributed by atoms with Crippen LogP contribution in [0.2, 0.25) is 5.02 Å². The number of carbonyl (C=O) groups is 2. The van der Waals surface area contributed by atoms with E-state index in [1.165, 1.54) is 0 Å². The van der Waals surface area contributed by atoms with Crippen molar-refractivity contribution < 1.29 is 23.5 Å². The standard InChI is InChI=1S/C33H28ClN3O4/c1-40-26-9-6-8-22(17-26)27-10-3-4-11-28(27)32(38)36-24-13-14-29(30(34)18-24)33(39)37-15-16-41-21-25(37)20-35-19-23-7-2-5-12-31(23)37/h2-6,8-14,17-20,35H,7,15-16,21H2,1H3/p+1. The number of amides is 2. The van der Waals surface area contributed by atoms with Gasteiger partial charge in [0.15, 0.2) is 11.4 Å². The summed E-state index contributed by atoms with van der Waals surface area (Å²) >= 11 is 6.77. The Labute approximate surface area is 243 Å². The van der Waals surface area contributed by atoms with Crippen LogP contribution in [0.3, 0.4) is 0 Å². The molecule has 0 radical (unpaired) electrons. The van der Waals surface area contributed by atoms with E-state index >= 15 is 0 Å². The molecule has 0 spiro atoms. The van der Waals surface area contributed by atoms with E-state index in [2.05, 4.69) is 16.7 Å². The number of fused-ring (bicyclic) bond motifs is 3. The summed E-state index contributed by atoms with van der Waals surface area (Å²) in [6.45, 7) is 1.23. The minimum absolute atomic E-state index is 0.0164. The maximum atomic E-state index is 14.4. The minimum Gasteiger partial charge on any atom is -0.497 e. The van der Waals surface area contributed by atoms with Crippen LogP contribution in [0.5, 0.6) is 5.75 Å². The first-order valence-electron chi connectivity index (χ1n) is 13.4. The lowest BCUT2D eigenvalue weighted by atomic mass is 9.98. The van der Waals surface area contributed by atoms with Crippen LogP contribution < -0.4 is 15.4 Å². The van der Waals surface area contributed by atoms with Gasteiger partial charge in [-0.15, -0.1) is 0 Å². The Hall–Kier alpha value is -4.43. The Morgan fingerprint density at radius 3 is 2.76 bits per heavy atom. The summed E-state index contributed by atoms with van der Waals surface area (Å²) in [5.41, 5.74) is 5.80. The number of halogens is 1. The van der Waals surface area contributed by atoms with Gasteiger partial charge in [-0.3, -0.25) is 4.79 Å². The van der Waals surface area contributed by atoms with Crippen LogP contribution in [0.4, 0.5) is 5.69 Å². The summed E-state index contributed by atoms with van der Waals surface area (Å²) in [4.78, 5) is 27.8. The van der Waals surface area contributed by atoms with Gasteiger partial charge in [-0.05, 0) is 53.9 Å². The molecular weight excluding hydrogens is 538 g/mol. The fourth-order valence-electron chi connectivity index (χ4n) is 5.60. The van der Waals surface area contributed by atoms with Crippen molar-refractivity contribution >= 4 is 29.1 Å². The highest BCUT2D eigenvalue weighted by Crippen LogP contribution is 2.40. The second kappa shape index (κ2) is 11.2. The second-order valence-corrected chi connectivity index (χ2v) is 10.4. The molecule has 8 heteroatoms. The molecule has 0 aromatic heterocycles. The Morgan fingerprint density at radius 1 is 1.02 bits per heavy atom. The molecule has 2 aliphatic heterocycles. The molecule has 2 amide bonds. The summed E-state index contributed by atoms with van der Waals surface area (Å²) in [5.74, 6) is 0.283. The van der Waals surface area contributed by atoms with Crippen molar-refractivity contribution in [1.82, 2.24) is 5.32 Å². The number of allylic oxidation sites excluding steroid dienone is 4. The molecule has 1 fully saturated rings. The van der Waals surface area contributed by atoms with Crippen LogP contribution in [0.15, 0.2) is 114 Å². The van der Waals surface area contributed by atoms with Gasteiger partial charge in [0.1, 0.15) is 18.9 Å². The minimum atomic E-state index is -0.286. The summed E-state index contributed by atoms with van der Waals surface area (Å²) in [5, 5.41) is 6.44. The average molecular weight is 567 g/mol. The number of methoxy groups -OCH3 is 1. The molecule has 3 aliphatic rings. The van der Waals surface area contributed by atoms with E-state index in [0.29, 0.717) is 42.3 Å². The first kappa shape index (κ1) is 26.8. The van der Waals surface area contributed by atoms with Crippen LogP contribution in [0.1, 0.15) is 27.1 Å². The quantitative estimate of drug-likeness (QED) is 0.348. The number of ether oxygens (including phenoxy) is 2. The van der Waals surface area contributed by atoms with E-state index in [1.54, 1.807) is 31.4 Å². The van der Waals surface area contributed by atoms with Crippen molar-refractivity contribution in [3.63, 3.8) is 0 Å². The molecule has 41 heavy (non-hydrogen) atoms. The van der Waals surface area contributed by atoms with Gasteiger partial charge < -0.3 is 20.1 Å². The largest absolute Gasteiger partial charge is 0.497 e. The van der Waals surface area contributed by atoms with Gasteiger partial charge in [0.05, 0.1) is 30.5 Å². The third-order valence-electron chi connectivity index (χ3n) is 7.64. The molecule has 1 atom stereocenters. The average Bonchev–Trinajstić information content (AvgIpc) is 3.18. The first-order chi connectivity index (χ1) is 20.0. The van der Waals surface area contributed by atoms with Crippen molar-refractivity contribution in [2.75, 3.05) is 32.2 Å². The molecule has 0 saturated carbocycles. The zero-order valence-corrected chi connectivity index (χ0v) is 23.3. The molecule has 2 heterocycles. The van der Waals surface area contributed by atoms with Gasteiger partial charge in [-0.1, -0.05) is 54.1 Å². The highest BCUT2D eigenvalue weighted by Gasteiger charge is 2.50. The number of rotatable bonds is 5. The fraction of sp³-hybridized carbons (Fsp3) is 0.152. The van der Waals surface area contributed by atoms with E-state index in [9.17, 15) is 9.59 Å². The van der Waals surface area contributed by atoms with Crippen molar-refractivity contribution in [2.24, 2.45) is 0 Å². The lowest BCUT2D eigenvalue weighted by molar-refractivity contribution is -0.779. The number of nitrogens with one attached hydrogen (secondary N) is 2. The number of hydrogen-bond acceptors (Lipinski definition) is 5. The number of nitrogens with zero attached hydrogens (tertiary/aromatic N) is 1. The Balaban J connectivity index is 1.30. The van der Waals surface area contributed by atoms with Crippen molar-refractivity contribution in [3.8, 4) is 16.9 Å². The Kier molecular flexibility index (Phi) is 7.32. The second-order valence-electron chi connectivity index (χ2n) is 9.97. The van der Waals surface area contributed by atoms with Crippen molar-refractivity contribution in [2.45, 2.75) is 6.42 Å². The van der Waals surface area contributed by atoms with Crippen LogP contribution >= 0.6 is 11.6 Å². The number of carbonyl (C=O) groups excluding carboxylic acids is 2. The monoisotopic (exact) mass is 566 g/mol. The summed E-state index contributed by atoms with van der Waals surface area (Å²) < 4.78 is 11.1. The lowest BCUT2D eigenvalue weighted by Crippen LogP contribution is -2.56. The highest BCUT2D eigenvalue weighted by molar-refractivity contribution is 6.34. The summed E-state index contributed by atoms with van der Waals surface area (Å²) in [6, 6.07) is 20.0.